The van der Waals surface area contributed by atoms with E-state index in [1.54, 1.807) is 30.6 Å². The van der Waals surface area contributed by atoms with Gasteiger partial charge in [0.05, 0.1) is 11.6 Å². The van der Waals surface area contributed by atoms with E-state index in [1.807, 2.05) is 9.58 Å². The molecule has 0 aliphatic carbocycles. The lowest BCUT2D eigenvalue weighted by Crippen LogP contribution is -2.39. The fourth-order valence-corrected chi connectivity index (χ4v) is 3.01. The third kappa shape index (κ3) is 3.79. The molecule has 7 nitrogen and oxygen atoms in total. The molecule has 0 unspecified atom stereocenters. The molecule has 0 bridgehead atoms. The lowest BCUT2D eigenvalue weighted by Gasteiger charge is -2.32. The highest BCUT2D eigenvalue weighted by Gasteiger charge is 2.23. The van der Waals surface area contributed by atoms with Gasteiger partial charge in [0.15, 0.2) is 0 Å². The maximum absolute atomic E-state index is 12.3. The Hall–Kier alpha value is -2.70. The molecule has 2 aromatic rings. The quantitative estimate of drug-likeness (QED) is 0.904. The molecule has 7 heteroatoms. The lowest BCUT2D eigenvalue weighted by molar-refractivity contribution is -0.132. The molecular formula is C17H20N4O3. The third-order valence-electron chi connectivity index (χ3n) is 4.46. The van der Waals surface area contributed by atoms with Gasteiger partial charge in [0.1, 0.15) is 12.7 Å². The average Bonchev–Trinajstić information content (AvgIpc) is 3.15. The van der Waals surface area contributed by atoms with E-state index >= 15 is 0 Å². The summed E-state index contributed by atoms with van der Waals surface area (Å²) in [5.74, 6) is -0.790. The topological polar surface area (TPSA) is 88.3 Å². The zero-order valence-corrected chi connectivity index (χ0v) is 13.3. The number of carbonyl (C=O) groups is 2. The summed E-state index contributed by atoms with van der Waals surface area (Å²) in [6, 6.07) is 7.01. The van der Waals surface area contributed by atoms with Crippen molar-refractivity contribution in [3.05, 3.63) is 48.0 Å². The van der Waals surface area contributed by atoms with E-state index in [9.17, 15) is 9.59 Å². The van der Waals surface area contributed by atoms with Gasteiger partial charge in [0.2, 0.25) is 5.91 Å². The number of carboxylic acid groups (broad SMARTS) is 1. The smallest absolute Gasteiger partial charge is 0.335 e. The standard InChI is InChI=1S/C17H20N4O3/c22-16(6-3-13-1-4-14(5-2-13)17(23)24)20-9-7-15(8-10-20)21-12-18-11-19-21/h1-2,4-5,11-12,15H,3,6-10H2,(H,23,24). The van der Waals surface area contributed by atoms with Crippen LogP contribution in [0.1, 0.15) is 41.2 Å². The summed E-state index contributed by atoms with van der Waals surface area (Å²) in [5, 5.41) is 13.0. The van der Waals surface area contributed by atoms with Gasteiger partial charge in [-0.2, -0.15) is 5.10 Å². The second kappa shape index (κ2) is 7.25. The average molecular weight is 328 g/mol. The number of carbonyl (C=O) groups excluding carboxylic acids is 1. The van der Waals surface area contributed by atoms with Gasteiger partial charge in [-0.15, -0.1) is 0 Å². The summed E-state index contributed by atoms with van der Waals surface area (Å²) in [5.41, 5.74) is 1.24. The van der Waals surface area contributed by atoms with Gasteiger partial charge in [-0.1, -0.05) is 12.1 Å². The summed E-state index contributed by atoms with van der Waals surface area (Å²) in [7, 11) is 0. The Bertz CT molecular complexity index is 689. The molecular weight excluding hydrogens is 308 g/mol. The minimum absolute atomic E-state index is 0.148. The molecule has 2 heterocycles. The van der Waals surface area contributed by atoms with Gasteiger partial charge in [0, 0.05) is 19.5 Å². The van der Waals surface area contributed by atoms with Crippen molar-refractivity contribution in [2.75, 3.05) is 13.1 Å². The molecule has 3 rings (SSSR count). The highest BCUT2D eigenvalue weighted by Crippen LogP contribution is 2.21. The van der Waals surface area contributed by atoms with E-state index in [2.05, 4.69) is 10.1 Å². The number of benzene rings is 1. The van der Waals surface area contributed by atoms with Crippen LogP contribution >= 0.6 is 0 Å². The van der Waals surface area contributed by atoms with Crippen LogP contribution in [-0.4, -0.2) is 49.7 Å². The Kier molecular flexibility index (Phi) is 4.88. The van der Waals surface area contributed by atoms with Crippen molar-refractivity contribution in [1.29, 1.82) is 0 Å². The summed E-state index contributed by atoms with van der Waals surface area (Å²) < 4.78 is 1.87. The van der Waals surface area contributed by atoms with Crippen LogP contribution in [-0.2, 0) is 11.2 Å². The van der Waals surface area contributed by atoms with E-state index in [1.165, 1.54) is 6.33 Å². The van der Waals surface area contributed by atoms with Gasteiger partial charge in [-0.25, -0.2) is 14.5 Å². The van der Waals surface area contributed by atoms with Crippen molar-refractivity contribution >= 4 is 11.9 Å². The molecule has 1 N–H and O–H groups in total. The number of aromatic nitrogens is 3. The van der Waals surface area contributed by atoms with Crippen LogP contribution < -0.4 is 0 Å². The largest absolute Gasteiger partial charge is 0.478 e. The number of nitrogens with zero attached hydrogens (tertiary/aromatic N) is 4. The maximum Gasteiger partial charge on any atom is 0.335 e. The zero-order chi connectivity index (χ0) is 16.9. The van der Waals surface area contributed by atoms with Crippen molar-refractivity contribution in [3.8, 4) is 0 Å². The predicted molar refractivity (Wildman–Crippen MR) is 86.6 cm³/mol. The fourth-order valence-electron chi connectivity index (χ4n) is 3.01. The molecule has 1 amide bonds. The first kappa shape index (κ1) is 16.2. The molecule has 1 fully saturated rings. The van der Waals surface area contributed by atoms with Gasteiger partial charge in [-0.05, 0) is 37.0 Å². The number of carboxylic acids is 1. The Labute approximate surface area is 139 Å². The van der Waals surface area contributed by atoms with Gasteiger partial charge < -0.3 is 10.0 Å². The van der Waals surface area contributed by atoms with Crippen molar-refractivity contribution in [2.45, 2.75) is 31.7 Å². The molecule has 126 valence electrons. The second-order valence-electron chi connectivity index (χ2n) is 5.99. The Morgan fingerprint density at radius 3 is 2.46 bits per heavy atom. The number of aromatic carboxylic acids is 1. The number of amides is 1. The van der Waals surface area contributed by atoms with Crippen molar-refractivity contribution in [2.24, 2.45) is 0 Å². The number of hydrogen-bond acceptors (Lipinski definition) is 4. The van der Waals surface area contributed by atoms with Crippen LogP contribution in [0.3, 0.4) is 0 Å². The monoisotopic (exact) mass is 328 g/mol. The third-order valence-corrected chi connectivity index (χ3v) is 4.46. The number of hydrogen-bond donors (Lipinski definition) is 1. The minimum atomic E-state index is -0.937. The van der Waals surface area contributed by atoms with Crippen LogP contribution in [0.5, 0.6) is 0 Å². The summed E-state index contributed by atoms with van der Waals surface area (Å²) >= 11 is 0. The molecule has 0 atom stereocenters. The molecule has 0 spiro atoms. The summed E-state index contributed by atoms with van der Waals surface area (Å²) in [6.07, 6.45) is 6.11. The number of aryl methyl sites for hydroxylation is 1. The molecule has 1 aromatic heterocycles. The van der Waals surface area contributed by atoms with Gasteiger partial charge in [-0.3, -0.25) is 4.79 Å². The van der Waals surface area contributed by atoms with Crippen LogP contribution in [0, 0.1) is 0 Å². The van der Waals surface area contributed by atoms with Crippen molar-refractivity contribution < 1.29 is 14.7 Å². The second-order valence-corrected chi connectivity index (χ2v) is 5.99. The molecule has 24 heavy (non-hydrogen) atoms. The SMILES string of the molecule is O=C(O)c1ccc(CCC(=O)N2CCC(n3cncn3)CC2)cc1. The van der Waals surface area contributed by atoms with E-state index in [0.717, 1.165) is 31.5 Å². The van der Waals surface area contributed by atoms with E-state index < -0.39 is 5.97 Å². The molecule has 1 aromatic carbocycles. The molecule has 1 aliphatic heterocycles. The number of rotatable bonds is 5. The van der Waals surface area contributed by atoms with Crippen molar-refractivity contribution in [3.63, 3.8) is 0 Å². The molecule has 0 saturated carbocycles. The molecule has 1 aliphatic rings. The van der Waals surface area contributed by atoms with Crippen molar-refractivity contribution in [1.82, 2.24) is 19.7 Å². The first-order valence-corrected chi connectivity index (χ1v) is 8.07. The Morgan fingerprint density at radius 1 is 1.17 bits per heavy atom. The Balaban J connectivity index is 1.46. The number of piperidine rings is 1. The fraction of sp³-hybridized carbons (Fsp3) is 0.412. The van der Waals surface area contributed by atoms with Gasteiger partial charge >= 0.3 is 5.97 Å². The zero-order valence-electron chi connectivity index (χ0n) is 13.3. The molecule has 1 saturated heterocycles. The van der Waals surface area contributed by atoms with Crippen LogP contribution in [0.25, 0.3) is 0 Å². The van der Waals surface area contributed by atoms with Crippen LogP contribution in [0.4, 0.5) is 0 Å². The highest BCUT2D eigenvalue weighted by molar-refractivity contribution is 5.87. The highest BCUT2D eigenvalue weighted by atomic mass is 16.4. The summed E-state index contributed by atoms with van der Waals surface area (Å²) in [6.45, 7) is 1.47. The molecule has 0 radical (unpaired) electrons. The summed E-state index contributed by atoms with van der Waals surface area (Å²) in [4.78, 5) is 29.0. The van der Waals surface area contributed by atoms with E-state index in [-0.39, 0.29) is 11.5 Å². The first-order valence-electron chi connectivity index (χ1n) is 8.07. The van der Waals surface area contributed by atoms with E-state index in [4.69, 9.17) is 5.11 Å². The maximum atomic E-state index is 12.3. The Morgan fingerprint density at radius 2 is 1.88 bits per heavy atom. The minimum Gasteiger partial charge on any atom is -0.478 e. The van der Waals surface area contributed by atoms with Gasteiger partial charge in [0.25, 0.3) is 0 Å². The first-order chi connectivity index (χ1) is 11.6. The lowest BCUT2D eigenvalue weighted by atomic mass is 10.0. The normalized spacial score (nSPS) is 15.4. The van der Waals surface area contributed by atoms with Crippen LogP contribution in [0.15, 0.2) is 36.9 Å². The predicted octanol–water partition coefficient (Wildman–Crippen LogP) is 1.77. The van der Waals surface area contributed by atoms with E-state index in [0.29, 0.717) is 18.9 Å². The number of likely N-dealkylation sites (tertiary alicyclic amines) is 1. The van der Waals surface area contributed by atoms with Crippen LogP contribution in [0.2, 0.25) is 0 Å².